The summed E-state index contributed by atoms with van der Waals surface area (Å²) >= 11 is 7.40. The minimum absolute atomic E-state index is 0.150. The second-order valence-corrected chi connectivity index (χ2v) is 11.6. The first-order valence-electron chi connectivity index (χ1n) is 9.99. The number of amides is 1. The van der Waals surface area contributed by atoms with E-state index in [4.69, 9.17) is 20.5 Å². The maximum Gasteiger partial charge on any atom is 0.276 e. The molecule has 0 unspecified atom stereocenters. The average Bonchev–Trinajstić information content (AvgIpc) is 3.38. The summed E-state index contributed by atoms with van der Waals surface area (Å²) in [6, 6.07) is 11.7. The van der Waals surface area contributed by atoms with Crippen molar-refractivity contribution in [2.75, 3.05) is 12.4 Å². The molecule has 4 rings (SSSR count). The molecule has 0 saturated heterocycles. The second kappa shape index (κ2) is 8.99. The standard InChI is InChI=1S/C22H21ClN4O5S2/c1-22(2,34(29,30)31-4)14-5-6-16-13(9-14)10-17(33-16)21(28)25-15-11-18(23)26-19(12-15)32-20-7-8-24-27(20)3/h5-12H,1-4H3,(H,25,26,28). The predicted octanol–water partition coefficient (Wildman–Crippen LogP) is 4.94. The van der Waals surface area contributed by atoms with E-state index in [1.165, 1.54) is 22.1 Å². The molecule has 178 valence electrons. The zero-order valence-electron chi connectivity index (χ0n) is 18.7. The number of carbonyl (C=O) groups excluding carboxylic acids is 1. The molecule has 34 heavy (non-hydrogen) atoms. The van der Waals surface area contributed by atoms with Crippen molar-refractivity contribution in [2.45, 2.75) is 18.6 Å². The number of halogens is 1. The van der Waals surface area contributed by atoms with Crippen molar-refractivity contribution in [3.05, 3.63) is 64.3 Å². The lowest BCUT2D eigenvalue weighted by Crippen LogP contribution is -2.30. The molecule has 0 aliphatic heterocycles. The molecule has 4 aromatic rings. The Morgan fingerprint density at radius 3 is 2.62 bits per heavy atom. The average molecular weight is 521 g/mol. The van der Waals surface area contributed by atoms with Crippen molar-refractivity contribution in [3.8, 4) is 11.8 Å². The highest BCUT2D eigenvalue weighted by Gasteiger charge is 2.36. The molecular formula is C22H21ClN4O5S2. The Kier molecular flexibility index (Phi) is 6.38. The van der Waals surface area contributed by atoms with Gasteiger partial charge in [-0.3, -0.25) is 8.98 Å². The lowest BCUT2D eigenvalue weighted by Gasteiger charge is -2.23. The summed E-state index contributed by atoms with van der Waals surface area (Å²) < 4.78 is 36.2. The number of thiophene rings is 1. The summed E-state index contributed by atoms with van der Waals surface area (Å²) in [5.74, 6) is 0.319. The maximum atomic E-state index is 12.9. The summed E-state index contributed by atoms with van der Waals surface area (Å²) in [6.45, 7) is 3.15. The Morgan fingerprint density at radius 2 is 1.94 bits per heavy atom. The molecule has 3 heterocycles. The summed E-state index contributed by atoms with van der Waals surface area (Å²) in [5.41, 5.74) is 0.970. The van der Waals surface area contributed by atoms with Crippen LogP contribution in [0.3, 0.4) is 0 Å². The number of anilines is 1. The van der Waals surface area contributed by atoms with Gasteiger partial charge in [-0.25, -0.2) is 9.67 Å². The van der Waals surface area contributed by atoms with Gasteiger partial charge in [0.25, 0.3) is 16.0 Å². The molecule has 0 aliphatic rings. The van der Waals surface area contributed by atoms with Crippen LogP contribution in [-0.2, 0) is 26.1 Å². The van der Waals surface area contributed by atoms with E-state index in [1.54, 1.807) is 63.5 Å². The van der Waals surface area contributed by atoms with E-state index in [-0.39, 0.29) is 16.9 Å². The van der Waals surface area contributed by atoms with Gasteiger partial charge in [-0.15, -0.1) is 11.3 Å². The molecule has 1 aromatic carbocycles. The number of ether oxygens (including phenoxy) is 1. The van der Waals surface area contributed by atoms with Gasteiger partial charge in [0.15, 0.2) is 0 Å². The van der Waals surface area contributed by atoms with E-state index < -0.39 is 14.9 Å². The van der Waals surface area contributed by atoms with Gasteiger partial charge in [0, 0.05) is 29.6 Å². The fraction of sp³-hybridized carbons (Fsp3) is 0.227. The van der Waals surface area contributed by atoms with Crippen LogP contribution >= 0.6 is 22.9 Å². The van der Waals surface area contributed by atoms with Gasteiger partial charge in [-0.1, -0.05) is 17.7 Å². The lowest BCUT2D eigenvalue weighted by atomic mass is 10.0. The van der Waals surface area contributed by atoms with E-state index in [2.05, 4.69) is 15.4 Å². The number of aryl methyl sites for hydroxylation is 1. The van der Waals surface area contributed by atoms with Crippen molar-refractivity contribution >= 4 is 54.7 Å². The number of carbonyl (C=O) groups is 1. The molecule has 0 aliphatic carbocycles. The topological polar surface area (TPSA) is 112 Å². The largest absolute Gasteiger partial charge is 0.421 e. The van der Waals surface area contributed by atoms with Crippen molar-refractivity contribution in [3.63, 3.8) is 0 Å². The van der Waals surface area contributed by atoms with Crippen molar-refractivity contribution in [1.29, 1.82) is 0 Å². The zero-order chi connectivity index (χ0) is 24.7. The van der Waals surface area contributed by atoms with Gasteiger partial charge in [-0.05, 0) is 49.1 Å². The Morgan fingerprint density at radius 1 is 1.18 bits per heavy atom. The molecule has 0 bridgehead atoms. The second-order valence-electron chi connectivity index (χ2n) is 7.86. The predicted molar refractivity (Wildman–Crippen MR) is 131 cm³/mol. The number of benzene rings is 1. The number of aromatic nitrogens is 3. The number of nitrogens with one attached hydrogen (secondary N) is 1. The van der Waals surface area contributed by atoms with E-state index in [0.29, 0.717) is 22.0 Å². The van der Waals surface area contributed by atoms with Gasteiger partial charge in [0.05, 0.1) is 18.2 Å². The summed E-state index contributed by atoms with van der Waals surface area (Å²) in [5, 5.41) is 7.73. The van der Waals surface area contributed by atoms with Crippen LogP contribution in [0.2, 0.25) is 5.15 Å². The third-order valence-electron chi connectivity index (χ3n) is 5.29. The zero-order valence-corrected chi connectivity index (χ0v) is 21.1. The van der Waals surface area contributed by atoms with E-state index >= 15 is 0 Å². The van der Waals surface area contributed by atoms with E-state index in [1.807, 2.05) is 0 Å². The van der Waals surface area contributed by atoms with Crippen LogP contribution in [-0.4, -0.2) is 36.2 Å². The van der Waals surface area contributed by atoms with E-state index in [0.717, 1.165) is 17.2 Å². The van der Waals surface area contributed by atoms with Crippen molar-refractivity contribution < 1.29 is 22.1 Å². The number of hydrogen-bond acceptors (Lipinski definition) is 8. The molecule has 0 saturated carbocycles. The highest BCUT2D eigenvalue weighted by Crippen LogP contribution is 2.35. The van der Waals surface area contributed by atoms with E-state index in [9.17, 15) is 13.2 Å². The molecule has 0 spiro atoms. The summed E-state index contributed by atoms with van der Waals surface area (Å²) in [7, 11) is -0.948. The molecule has 9 nitrogen and oxygen atoms in total. The van der Waals surface area contributed by atoms with Crippen LogP contribution in [0.4, 0.5) is 5.69 Å². The van der Waals surface area contributed by atoms with Crippen molar-refractivity contribution in [1.82, 2.24) is 14.8 Å². The molecule has 12 heteroatoms. The highest BCUT2D eigenvalue weighted by atomic mass is 35.5. The smallest absolute Gasteiger partial charge is 0.276 e. The molecule has 0 radical (unpaired) electrons. The molecule has 1 amide bonds. The van der Waals surface area contributed by atoms with Gasteiger partial charge in [0.2, 0.25) is 11.8 Å². The van der Waals surface area contributed by atoms with Crippen LogP contribution in [0.25, 0.3) is 10.1 Å². The Hall–Kier alpha value is -2.99. The molecular weight excluding hydrogens is 500 g/mol. The number of pyridine rings is 1. The quantitative estimate of drug-likeness (QED) is 0.271. The Labute approximate surface area is 205 Å². The number of nitrogens with zero attached hydrogens (tertiary/aromatic N) is 3. The van der Waals surface area contributed by atoms with Crippen molar-refractivity contribution in [2.24, 2.45) is 7.05 Å². The summed E-state index contributed by atoms with van der Waals surface area (Å²) in [4.78, 5) is 17.5. The molecule has 3 aromatic heterocycles. The van der Waals surface area contributed by atoms with Crippen LogP contribution in [0.1, 0.15) is 29.1 Å². The first-order valence-corrected chi connectivity index (χ1v) is 12.6. The fourth-order valence-corrected chi connectivity index (χ4v) is 5.21. The molecule has 1 N–H and O–H groups in total. The van der Waals surface area contributed by atoms with Gasteiger partial charge >= 0.3 is 0 Å². The fourth-order valence-electron chi connectivity index (χ4n) is 3.24. The first kappa shape index (κ1) is 24.1. The number of rotatable bonds is 7. The lowest BCUT2D eigenvalue weighted by molar-refractivity contribution is 0.103. The number of fused-ring (bicyclic) bond motifs is 1. The monoisotopic (exact) mass is 520 g/mol. The first-order chi connectivity index (χ1) is 16.0. The summed E-state index contributed by atoms with van der Waals surface area (Å²) in [6.07, 6.45) is 1.58. The molecule has 0 atom stereocenters. The third kappa shape index (κ3) is 4.64. The van der Waals surface area contributed by atoms with Crippen LogP contribution in [0.15, 0.2) is 48.7 Å². The Bertz CT molecular complexity index is 1490. The van der Waals surface area contributed by atoms with Crippen LogP contribution in [0.5, 0.6) is 11.8 Å². The van der Waals surface area contributed by atoms with Gasteiger partial charge < -0.3 is 10.1 Å². The third-order valence-corrected chi connectivity index (χ3v) is 8.53. The van der Waals surface area contributed by atoms with Gasteiger partial charge in [-0.2, -0.15) is 13.5 Å². The number of hydrogen-bond donors (Lipinski definition) is 1. The maximum absolute atomic E-state index is 12.9. The minimum atomic E-state index is -3.81. The highest BCUT2D eigenvalue weighted by molar-refractivity contribution is 7.87. The Balaban J connectivity index is 1.58. The minimum Gasteiger partial charge on any atom is -0.421 e. The van der Waals surface area contributed by atoms with Crippen LogP contribution < -0.4 is 10.1 Å². The normalized spacial score (nSPS) is 12.1. The molecule has 0 fully saturated rings. The SMILES string of the molecule is COS(=O)(=O)C(C)(C)c1ccc2sc(C(=O)Nc3cc(Cl)nc(Oc4ccnn4C)c3)cc2c1. The van der Waals surface area contributed by atoms with Gasteiger partial charge in [0.1, 0.15) is 9.90 Å². The van der Waals surface area contributed by atoms with Crippen LogP contribution in [0, 0.1) is 0 Å².